The van der Waals surface area contributed by atoms with Gasteiger partial charge in [0.1, 0.15) is 42.4 Å². The van der Waals surface area contributed by atoms with Crippen molar-refractivity contribution in [3.05, 3.63) is 77.5 Å². The summed E-state index contributed by atoms with van der Waals surface area (Å²) in [6.45, 7) is 22.4. The minimum absolute atomic E-state index is 0.0736. The van der Waals surface area contributed by atoms with Crippen molar-refractivity contribution in [3.8, 4) is 0 Å². The molecule has 6 unspecified atom stereocenters. The van der Waals surface area contributed by atoms with Crippen molar-refractivity contribution in [1.29, 1.82) is 0 Å². The van der Waals surface area contributed by atoms with E-state index >= 15 is 4.79 Å². The number of amides is 9. The van der Waals surface area contributed by atoms with Crippen LogP contribution in [0.15, 0.2) is 66.4 Å². The number of likely N-dealkylation sites (N-methyl/N-ethyl adjacent to an activating group) is 2. The average molecular weight is 1160 g/mol. The number of hydrogen-bond acceptors (Lipinski definition) is 12. The molecule has 3 aromatic rings. The molecule has 0 spiro atoms. The number of hydrogen-bond donors (Lipinski definition) is 9. The quantitative estimate of drug-likeness (QED) is 0.0317. The smallest absolute Gasteiger partial charge is 0.410 e. The Morgan fingerprint density at radius 2 is 1.36 bits per heavy atom. The summed E-state index contributed by atoms with van der Waals surface area (Å²) in [4.78, 5) is 135. The van der Waals surface area contributed by atoms with E-state index in [-0.39, 0.29) is 43.9 Å². The number of urea groups is 1. The third-order valence-corrected chi connectivity index (χ3v) is 13.9. The Balaban J connectivity index is 1.94. The SMILES string of the molecule is C/C(=C\C(C(C)C)N(C)C(=O)C(NC(=O)C(N(C)C(=O)OCc1ccc(NC(=O)C(CCCNC(N)=O)NC(=O)C(NC(=O)OC(C)(C)C)C(C)C)cc1)C(C)(C)c1cn(C)c2ccccc12)C(C)(C)C)C(=O)NC(CCC(=O)O)C(=O)O. The number of nitrogens with two attached hydrogens (primary N) is 1. The molecule has 9 amide bonds. The molecule has 1 aromatic heterocycles. The number of rotatable bonds is 27. The van der Waals surface area contributed by atoms with Gasteiger partial charge in [-0.2, -0.15) is 0 Å². The van der Waals surface area contributed by atoms with Crippen molar-refractivity contribution in [3.63, 3.8) is 0 Å². The largest absolute Gasteiger partial charge is 0.481 e. The van der Waals surface area contributed by atoms with Crippen molar-refractivity contribution in [1.82, 2.24) is 41.0 Å². The molecular formula is C59H88N10O14. The first kappa shape index (κ1) is 69.1. The van der Waals surface area contributed by atoms with Gasteiger partial charge in [0.2, 0.25) is 29.5 Å². The van der Waals surface area contributed by atoms with Gasteiger partial charge in [-0.3, -0.25) is 33.7 Å². The van der Waals surface area contributed by atoms with Crippen LogP contribution >= 0.6 is 0 Å². The number of carboxylic acids is 2. The zero-order chi connectivity index (χ0) is 63.1. The normalized spacial score (nSPS) is 14.2. The fourth-order valence-electron chi connectivity index (χ4n) is 9.37. The number of nitrogens with zero attached hydrogens (tertiary/aromatic N) is 3. The van der Waals surface area contributed by atoms with E-state index in [0.29, 0.717) is 11.3 Å². The van der Waals surface area contributed by atoms with E-state index in [9.17, 15) is 48.3 Å². The van der Waals surface area contributed by atoms with Crippen LogP contribution in [0.5, 0.6) is 0 Å². The van der Waals surface area contributed by atoms with E-state index in [1.54, 1.807) is 79.7 Å². The van der Waals surface area contributed by atoms with Crippen LogP contribution < -0.4 is 37.6 Å². The lowest BCUT2D eigenvalue weighted by Crippen LogP contribution is -2.63. The molecule has 0 radical (unpaired) electrons. The number of carboxylic acid groups (broad SMARTS) is 2. The van der Waals surface area contributed by atoms with E-state index in [1.165, 1.54) is 36.9 Å². The lowest BCUT2D eigenvalue weighted by atomic mass is 9.76. The fourth-order valence-corrected chi connectivity index (χ4v) is 9.37. The Morgan fingerprint density at radius 1 is 0.747 bits per heavy atom. The first-order valence-corrected chi connectivity index (χ1v) is 27.6. The molecule has 0 aliphatic rings. The molecule has 2 aromatic carbocycles. The molecule has 6 atom stereocenters. The van der Waals surface area contributed by atoms with Gasteiger partial charge in [-0.1, -0.05) is 98.7 Å². The summed E-state index contributed by atoms with van der Waals surface area (Å²) >= 11 is 0. The summed E-state index contributed by atoms with van der Waals surface area (Å²) in [6, 6.07) is 6.23. The molecule has 83 heavy (non-hydrogen) atoms. The van der Waals surface area contributed by atoms with Crippen LogP contribution in [0.3, 0.4) is 0 Å². The van der Waals surface area contributed by atoms with E-state index in [2.05, 4.69) is 31.9 Å². The van der Waals surface area contributed by atoms with Crippen molar-refractivity contribution < 1.29 is 67.6 Å². The highest BCUT2D eigenvalue weighted by atomic mass is 16.6. The maximum Gasteiger partial charge on any atom is 0.410 e. The molecule has 0 bridgehead atoms. The van der Waals surface area contributed by atoms with Gasteiger partial charge in [-0.15, -0.1) is 0 Å². The Hall–Kier alpha value is -8.18. The van der Waals surface area contributed by atoms with Crippen LogP contribution in [0.2, 0.25) is 0 Å². The second-order valence-electron chi connectivity index (χ2n) is 24.1. The number of alkyl carbamates (subject to hydrolysis) is 1. The number of aliphatic carboxylic acids is 2. The van der Waals surface area contributed by atoms with Crippen LogP contribution in [0.4, 0.5) is 20.1 Å². The van der Waals surface area contributed by atoms with Crippen LogP contribution in [-0.4, -0.2) is 147 Å². The Bertz CT molecular complexity index is 2850. The number of carbonyl (C=O) groups excluding carboxylic acids is 8. The number of benzene rings is 2. The summed E-state index contributed by atoms with van der Waals surface area (Å²) in [7, 11) is 4.82. The van der Waals surface area contributed by atoms with Crippen LogP contribution in [0, 0.1) is 17.3 Å². The van der Waals surface area contributed by atoms with Crippen molar-refractivity contribution in [2.45, 2.75) is 170 Å². The molecule has 0 aliphatic carbocycles. The molecule has 3 rings (SSSR count). The zero-order valence-electron chi connectivity index (χ0n) is 50.8. The highest BCUT2D eigenvalue weighted by Crippen LogP contribution is 2.37. The molecular weight excluding hydrogens is 1070 g/mol. The molecule has 1 heterocycles. The maximum atomic E-state index is 15.2. The lowest BCUT2D eigenvalue weighted by Gasteiger charge is -2.42. The van der Waals surface area contributed by atoms with Crippen LogP contribution in [0.1, 0.15) is 127 Å². The van der Waals surface area contributed by atoms with Gasteiger partial charge in [0.05, 0.1) is 6.04 Å². The molecule has 24 nitrogen and oxygen atoms in total. The van der Waals surface area contributed by atoms with E-state index in [0.717, 1.165) is 16.5 Å². The second-order valence-corrected chi connectivity index (χ2v) is 24.1. The molecule has 0 fully saturated rings. The third kappa shape index (κ3) is 20.3. The number of fused-ring (bicyclic) bond motifs is 1. The predicted octanol–water partition coefficient (Wildman–Crippen LogP) is 5.91. The first-order valence-electron chi connectivity index (χ1n) is 27.6. The average Bonchev–Trinajstić information content (AvgIpc) is 4.02. The number of aryl methyl sites for hydroxylation is 1. The number of primary amides is 1. The third-order valence-electron chi connectivity index (χ3n) is 13.9. The van der Waals surface area contributed by atoms with Crippen LogP contribution in [0.25, 0.3) is 10.9 Å². The van der Waals surface area contributed by atoms with Crippen molar-refractivity contribution in [2.75, 3.05) is 26.0 Å². The molecule has 0 aliphatic heterocycles. The van der Waals surface area contributed by atoms with E-state index in [1.807, 2.05) is 69.8 Å². The van der Waals surface area contributed by atoms with Gasteiger partial charge >= 0.3 is 30.2 Å². The number of aromatic nitrogens is 1. The monoisotopic (exact) mass is 1160 g/mol. The second kappa shape index (κ2) is 29.7. The van der Waals surface area contributed by atoms with Gasteiger partial charge in [0, 0.05) is 67.9 Å². The van der Waals surface area contributed by atoms with E-state index < -0.39 is 125 Å². The summed E-state index contributed by atoms with van der Waals surface area (Å²) in [6.07, 6.45) is 1.20. The number of anilines is 1. The van der Waals surface area contributed by atoms with Gasteiger partial charge in [0.25, 0.3) is 0 Å². The standard InChI is InChI=1S/C59H88N10O14/c1-33(2)43(30-35(5)48(72)64-41(53(77)78)27-28-44(70)71)68(15)52(76)46(57(6,7)8)66-51(75)47(59(12,13)39-31-67(14)42-22-18-17-20-38(39)42)69(16)56(81)82-32-36-23-25-37(26-24-36)62-49(73)40(21-19-29-61-54(60)79)63-50(74)45(34(3)4)65-55(80)83-58(9,10)11/h17-18,20,22-26,30-31,33-34,40-41,43,45-47H,19,21,27-29,32H2,1-16H3,(H,62,73)(H,63,74)(H,64,72)(H,65,80)(H,66,75)(H,70,71)(H,77,78)(H3,60,61,79)/b35-30+. The molecule has 0 saturated carbocycles. The van der Waals surface area contributed by atoms with Gasteiger partial charge < -0.3 is 66.8 Å². The minimum Gasteiger partial charge on any atom is -0.481 e. The zero-order valence-corrected chi connectivity index (χ0v) is 50.8. The Kier molecular flexibility index (Phi) is 24.7. The van der Waals surface area contributed by atoms with Crippen molar-refractivity contribution in [2.24, 2.45) is 30.0 Å². The maximum absolute atomic E-state index is 15.2. The lowest BCUT2D eigenvalue weighted by molar-refractivity contribution is -0.142. The Morgan fingerprint density at radius 3 is 1.90 bits per heavy atom. The van der Waals surface area contributed by atoms with Gasteiger partial charge in [0.15, 0.2) is 0 Å². The highest BCUT2D eigenvalue weighted by molar-refractivity contribution is 5.99. The van der Waals surface area contributed by atoms with Gasteiger partial charge in [-0.25, -0.2) is 19.2 Å². The van der Waals surface area contributed by atoms with E-state index in [4.69, 9.17) is 20.3 Å². The fraction of sp³-hybridized carbons (Fsp3) is 0.559. The predicted molar refractivity (Wildman–Crippen MR) is 312 cm³/mol. The molecule has 0 saturated heterocycles. The minimum atomic E-state index is -1.47. The molecule has 24 heteroatoms. The summed E-state index contributed by atoms with van der Waals surface area (Å²) < 4.78 is 13.1. The van der Waals surface area contributed by atoms with Gasteiger partial charge in [-0.05, 0) is 93.5 Å². The number of ether oxygens (including phenoxy) is 2. The Labute approximate surface area is 486 Å². The summed E-state index contributed by atoms with van der Waals surface area (Å²) in [5.41, 5.74) is 4.77. The highest BCUT2D eigenvalue weighted by Gasteiger charge is 2.47. The molecule has 10 N–H and O–H groups in total. The summed E-state index contributed by atoms with van der Waals surface area (Å²) in [5.74, 6) is -6.56. The number of para-hydroxylation sites is 1. The first-order chi connectivity index (χ1) is 38.4. The van der Waals surface area contributed by atoms with Crippen LogP contribution in [-0.2, 0) is 62.1 Å². The van der Waals surface area contributed by atoms with Crippen molar-refractivity contribution >= 4 is 76.3 Å². The molecule has 458 valence electrons. The summed E-state index contributed by atoms with van der Waals surface area (Å²) in [5, 5.41) is 35.5. The topological polar surface area (TPSA) is 339 Å². The number of nitrogens with one attached hydrogen (secondary N) is 6. The number of carbonyl (C=O) groups is 10.